The van der Waals surface area contributed by atoms with Crippen LogP contribution in [0.4, 0.5) is 0 Å². The molecule has 3 aliphatic rings. The molecule has 0 radical (unpaired) electrons. The summed E-state index contributed by atoms with van der Waals surface area (Å²) in [6.45, 7) is 5.77. The summed E-state index contributed by atoms with van der Waals surface area (Å²) < 4.78 is 5.86. The first-order valence-electron chi connectivity index (χ1n) is 9.02. The Hall–Kier alpha value is -0.160. The number of rotatable bonds is 4. The van der Waals surface area contributed by atoms with Crippen LogP contribution >= 0.6 is 0 Å². The van der Waals surface area contributed by atoms with E-state index in [1.165, 1.54) is 77.5 Å². The van der Waals surface area contributed by atoms with E-state index in [4.69, 9.17) is 10.5 Å². The summed E-state index contributed by atoms with van der Waals surface area (Å²) >= 11 is 0. The second kappa shape index (κ2) is 6.95. The minimum atomic E-state index is 0.109. The van der Waals surface area contributed by atoms with Crippen LogP contribution in [-0.2, 0) is 4.74 Å². The van der Waals surface area contributed by atoms with Gasteiger partial charge in [-0.25, -0.2) is 0 Å². The van der Waals surface area contributed by atoms with Crippen molar-refractivity contribution >= 4 is 0 Å². The van der Waals surface area contributed by atoms with Crippen molar-refractivity contribution in [1.29, 1.82) is 0 Å². The molecule has 0 aromatic rings. The Bertz CT molecular complexity index is 332. The van der Waals surface area contributed by atoms with Gasteiger partial charge in [-0.2, -0.15) is 0 Å². The molecule has 0 aromatic heterocycles. The molecule has 2 heterocycles. The predicted octanol–water partition coefficient (Wildman–Crippen LogP) is 1.83. The zero-order valence-electron chi connectivity index (χ0n) is 13.7. The van der Waals surface area contributed by atoms with E-state index >= 15 is 0 Å². The van der Waals surface area contributed by atoms with Crippen molar-refractivity contribution in [3.8, 4) is 0 Å². The average Bonchev–Trinajstić information content (AvgIpc) is 3.06. The quantitative estimate of drug-likeness (QED) is 0.859. The number of hydrogen-bond donors (Lipinski definition) is 1. The number of piperidine rings is 1. The Labute approximate surface area is 130 Å². The molecule has 3 unspecified atom stereocenters. The summed E-state index contributed by atoms with van der Waals surface area (Å²) in [5, 5.41) is 0. The molecule has 0 aromatic carbocycles. The van der Waals surface area contributed by atoms with Crippen molar-refractivity contribution < 1.29 is 4.74 Å². The predicted molar refractivity (Wildman–Crippen MR) is 86.5 cm³/mol. The second-order valence-corrected chi connectivity index (χ2v) is 7.26. The molecule has 2 N–H and O–H groups in total. The molecular formula is C17H33N3O. The van der Waals surface area contributed by atoms with Crippen LogP contribution in [0.2, 0.25) is 0 Å². The molecule has 0 bridgehead atoms. The van der Waals surface area contributed by atoms with Crippen LogP contribution < -0.4 is 5.73 Å². The molecule has 4 nitrogen and oxygen atoms in total. The Balaban J connectivity index is 1.67. The van der Waals surface area contributed by atoms with E-state index in [-0.39, 0.29) is 5.54 Å². The third-order valence-corrected chi connectivity index (χ3v) is 6.26. The number of nitrogens with zero attached hydrogens (tertiary/aromatic N) is 2. The molecule has 0 spiro atoms. The van der Waals surface area contributed by atoms with Gasteiger partial charge in [-0.05, 0) is 45.2 Å². The normalized spacial score (nSPS) is 39.7. The number of nitrogens with two attached hydrogens (primary N) is 1. The lowest BCUT2D eigenvalue weighted by Crippen LogP contribution is -2.62. The van der Waals surface area contributed by atoms with Gasteiger partial charge in [-0.3, -0.25) is 9.80 Å². The SMILES string of the molecule is COC1CCCCC1(CN)N1CCC(N2CCCCC2)C1. The summed E-state index contributed by atoms with van der Waals surface area (Å²) in [5.41, 5.74) is 6.38. The molecule has 4 heteroatoms. The Morgan fingerprint density at radius 1 is 1.05 bits per heavy atom. The molecule has 1 aliphatic carbocycles. The molecule has 3 atom stereocenters. The number of hydrogen-bond acceptors (Lipinski definition) is 4. The van der Waals surface area contributed by atoms with E-state index in [0.717, 1.165) is 12.6 Å². The summed E-state index contributed by atoms with van der Waals surface area (Å²) in [6, 6.07) is 0.758. The third kappa shape index (κ3) is 3.00. The third-order valence-electron chi connectivity index (χ3n) is 6.26. The van der Waals surface area contributed by atoms with Crippen molar-refractivity contribution in [2.75, 3.05) is 39.8 Å². The number of ether oxygens (including phenoxy) is 1. The molecule has 2 aliphatic heterocycles. The van der Waals surface area contributed by atoms with Gasteiger partial charge in [-0.1, -0.05) is 19.3 Å². The van der Waals surface area contributed by atoms with Crippen molar-refractivity contribution in [1.82, 2.24) is 9.80 Å². The zero-order valence-corrected chi connectivity index (χ0v) is 13.7. The smallest absolute Gasteiger partial charge is 0.0767 e. The van der Waals surface area contributed by atoms with Crippen molar-refractivity contribution in [3.63, 3.8) is 0 Å². The van der Waals surface area contributed by atoms with Gasteiger partial charge >= 0.3 is 0 Å². The van der Waals surface area contributed by atoms with Crippen molar-refractivity contribution in [2.24, 2.45) is 5.73 Å². The number of methoxy groups -OCH3 is 1. The van der Waals surface area contributed by atoms with Gasteiger partial charge in [0.2, 0.25) is 0 Å². The monoisotopic (exact) mass is 295 g/mol. The van der Waals surface area contributed by atoms with Crippen molar-refractivity contribution in [2.45, 2.75) is 69.1 Å². The van der Waals surface area contributed by atoms with Crippen LogP contribution in [0, 0.1) is 0 Å². The summed E-state index contributed by atoms with van der Waals surface area (Å²) in [6.07, 6.45) is 10.8. The lowest BCUT2D eigenvalue weighted by Gasteiger charge is -2.49. The summed E-state index contributed by atoms with van der Waals surface area (Å²) in [7, 11) is 1.87. The largest absolute Gasteiger partial charge is 0.379 e. The van der Waals surface area contributed by atoms with Gasteiger partial charge in [0, 0.05) is 32.8 Å². The number of likely N-dealkylation sites (tertiary alicyclic amines) is 2. The highest BCUT2D eigenvalue weighted by Gasteiger charge is 2.47. The Morgan fingerprint density at radius 2 is 1.86 bits per heavy atom. The molecule has 21 heavy (non-hydrogen) atoms. The maximum Gasteiger partial charge on any atom is 0.0767 e. The maximum absolute atomic E-state index is 6.27. The van der Waals surface area contributed by atoms with Gasteiger partial charge in [0.25, 0.3) is 0 Å². The maximum atomic E-state index is 6.27. The summed E-state index contributed by atoms with van der Waals surface area (Å²) in [4.78, 5) is 5.43. The highest BCUT2D eigenvalue weighted by Crippen LogP contribution is 2.38. The fourth-order valence-corrected chi connectivity index (χ4v) is 4.98. The lowest BCUT2D eigenvalue weighted by molar-refractivity contribution is -0.0690. The molecule has 122 valence electrons. The van der Waals surface area contributed by atoms with Crippen LogP contribution in [0.15, 0.2) is 0 Å². The lowest BCUT2D eigenvalue weighted by atomic mass is 9.77. The van der Waals surface area contributed by atoms with Gasteiger partial charge in [0.05, 0.1) is 11.6 Å². The first kappa shape index (κ1) is 15.7. The van der Waals surface area contributed by atoms with E-state index < -0.39 is 0 Å². The van der Waals surface area contributed by atoms with Gasteiger partial charge in [0.1, 0.15) is 0 Å². The molecule has 2 saturated heterocycles. The second-order valence-electron chi connectivity index (χ2n) is 7.26. The van der Waals surface area contributed by atoms with E-state index in [9.17, 15) is 0 Å². The van der Waals surface area contributed by atoms with E-state index in [2.05, 4.69) is 9.80 Å². The fraction of sp³-hybridized carbons (Fsp3) is 1.00. The minimum absolute atomic E-state index is 0.109. The van der Waals surface area contributed by atoms with Gasteiger partial charge < -0.3 is 10.5 Å². The highest BCUT2D eigenvalue weighted by atomic mass is 16.5. The first-order chi connectivity index (χ1) is 10.3. The van der Waals surface area contributed by atoms with E-state index in [1.54, 1.807) is 0 Å². The molecule has 3 fully saturated rings. The molecule has 0 amide bonds. The molecule has 1 saturated carbocycles. The van der Waals surface area contributed by atoms with Crippen LogP contribution in [-0.4, -0.2) is 67.3 Å². The van der Waals surface area contributed by atoms with Crippen LogP contribution in [0.5, 0.6) is 0 Å². The average molecular weight is 295 g/mol. The van der Waals surface area contributed by atoms with Gasteiger partial charge in [-0.15, -0.1) is 0 Å². The van der Waals surface area contributed by atoms with E-state index in [1.807, 2.05) is 7.11 Å². The van der Waals surface area contributed by atoms with Crippen LogP contribution in [0.3, 0.4) is 0 Å². The minimum Gasteiger partial charge on any atom is -0.379 e. The van der Waals surface area contributed by atoms with Crippen LogP contribution in [0.1, 0.15) is 51.4 Å². The van der Waals surface area contributed by atoms with E-state index in [0.29, 0.717) is 6.10 Å². The first-order valence-corrected chi connectivity index (χ1v) is 9.02. The topological polar surface area (TPSA) is 41.7 Å². The zero-order chi connectivity index (χ0) is 14.7. The standard InChI is InChI=1S/C17H33N3O/c1-21-16-7-3-4-9-17(16,14-18)20-12-8-15(13-20)19-10-5-2-6-11-19/h15-16H,2-14,18H2,1H3. The van der Waals surface area contributed by atoms with Crippen LogP contribution in [0.25, 0.3) is 0 Å². The highest BCUT2D eigenvalue weighted by molar-refractivity contribution is 5.04. The fourth-order valence-electron chi connectivity index (χ4n) is 4.98. The summed E-state index contributed by atoms with van der Waals surface area (Å²) in [5.74, 6) is 0. The van der Waals surface area contributed by atoms with Crippen molar-refractivity contribution in [3.05, 3.63) is 0 Å². The Kier molecular flexibility index (Phi) is 5.20. The molecule has 3 rings (SSSR count). The van der Waals surface area contributed by atoms with Gasteiger partial charge in [0.15, 0.2) is 0 Å². The Morgan fingerprint density at radius 3 is 2.57 bits per heavy atom. The molecular weight excluding hydrogens is 262 g/mol.